The highest BCUT2D eigenvalue weighted by Crippen LogP contribution is 2.28. The van der Waals surface area contributed by atoms with Gasteiger partial charge in [-0.1, -0.05) is 30.3 Å². The molecule has 2 amide bonds. The third-order valence-corrected chi connectivity index (χ3v) is 5.41. The molecule has 0 bridgehead atoms. The van der Waals surface area contributed by atoms with Crippen LogP contribution in [0, 0.1) is 0 Å². The number of aromatic hydroxyl groups is 1. The second-order valence-electron chi connectivity index (χ2n) is 7.72. The van der Waals surface area contributed by atoms with Crippen LogP contribution in [0.1, 0.15) is 34.6 Å². The van der Waals surface area contributed by atoms with E-state index >= 15 is 0 Å². The highest BCUT2D eigenvalue weighted by Gasteiger charge is 2.20. The summed E-state index contributed by atoms with van der Waals surface area (Å²) in [6.07, 6.45) is 1.37. The maximum atomic E-state index is 12.7. The third-order valence-electron chi connectivity index (χ3n) is 5.41. The van der Waals surface area contributed by atoms with E-state index in [4.69, 9.17) is 0 Å². The number of rotatable bonds is 5. The summed E-state index contributed by atoms with van der Waals surface area (Å²) >= 11 is 0. The topological polar surface area (TPSA) is 128 Å². The average molecular weight is 443 g/mol. The second-order valence-corrected chi connectivity index (χ2v) is 7.72. The molecule has 0 fully saturated rings. The SMILES string of the molecule is CC(=O)c1c[nH]c2ccc(NC(=O)[C@H](C)NC(=O)c3ccc4ccccc4c3O)cc2c1=O. The molecular weight excluding hydrogens is 422 g/mol. The van der Waals surface area contributed by atoms with Gasteiger partial charge in [0.2, 0.25) is 5.91 Å². The molecule has 0 unspecified atom stereocenters. The van der Waals surface area contributed by atoms with E-state index in [1.807, 2.05) is 12.1 Å². The molecule has 33 heavy (non-hydrogen) atoms. The van der Waals surface area contributed by atoms with E-state index in [2.05, 4.69) is 15.6 Å². The van der Waals surface area contributed by atoms with Gasteiger partial charge in [0, 0.05) is 28.2 Å². The fourth-order valence-electron chi connectivity index (χ4n) is 3.59. The van der Waals surface area contributed by atoms with E-state index in [-0.39, 0.29) is 28.0 Å². The molecule has 166 valence electrons. The minimum absolute atomic E-state index is 0.0294. The first kappa shape index (κ1) is 21.8. The van der Waals surface area contributed by atoms with Crippen molar-refractivity contribution in [3.63, 3.8) is 0 Å². The molecule has 4 rings (SSSR count). The minimum atomic E-state index is -0.930. The number of benzene rings is 3. The molecule has 1 atom stereocenters. The number of hydrogen-bond acceptors (Lipinski definition) is 5. The van der Waals surface area contributed by atoms with Crippen LogP contribution >= 0.6 is 0 Å². The van der Waals surface area contributed by atoms with Crippen LogP contribution in [0.3, 0.4) is 0 Å². The Morgan fingerprint density at radius 2 is 1.73 bits per heavy atom. The number of carbonyl (C=O) groups is 3. The van der Waals surface area contributed by atoms with E-state index in [0.717, 1.165) is 5.39 Å². The number of amides is 2. The lowest BCUT2D eigenvalue weighted by atomic mass is 10.0. The molecule has 0 radical (unpaired) electrons. The fourth-order valence-corrected chi connectivity index (χ4v) is 3.59. The minimum Gasteiger partial charge on any atom is -0.506 e. The number of Topliss-reactive ketones (excluding diaryl/α,β-unsaturated/α-hetero) is 1. The maximum absolute atomic E-state index is 12.7. The number of phenols is 1. The van der Waals surface area contributed by atoms with Gasteiger partial charge in [-0.15, -0.1) is 0 Å². The van der Waals surface area contributed by atoms with Crippen molar-refractivity contribution in [2.24, 2.45) is 0 Å². The number of nitrogens with one attached hydrogen (secondary N) is 3. The highest BCUT2D eigenvalue weighted by molar-refractivity contribution is 6.06. The van der Waals surface area contributed by atoms with Crippen LogP contribution in [-0.2, 0) is 4.79 Å². The Balaban J connectivity index is 1.52. The molecule has 0 aliphatic heterocycles. The zero-order valence-corrected chi connectivity index (χ0v) is 17.9. The van der Waals surface area contributed by atoms with Gasteiger partial charge < -0.3 is 20.7 Å². The van der Waals surface area contributed by atoms with Gasteiger partial charge in [0.1, 0.15) is 11.8 Å². The molecule has 3 aromatic carbocycles. The van der Waals surface area contributed by atoms with Crippen molar-refractivity contribution in [3.05, 3.63) is 82.1 Å². The van der Waals surface area contributed by atoms with Crippen molar-refractivity contribution in [2.75, 3.05) is 5.32 Å². The molecule has 8 heteroatoms. The first-order chi connectivity index (χ1) is 15.8. The van der Waals surface area contributed by atoms with Crippen LogP contribution in [0.4, 0.5) is 5.69 Å². The van der Waals surface area contributed by atoms with Crippen LogP contribution in [0.25, 0.3) is 21.7 Å². The lowest BCUT2D eigenvalue weighted by Gasteiger charge is -2.15. The van der Waals surface area contributed by atoms with Crippen molar-refractivity contribution >= 4 is 45.0 Å². The number of phenolic OH excluding ortho intramolecular Hbond substituents is 1. The lowest BCUT2D eigenvalue weighted by molar-refractivity contribution is -0.117. The number of hydrogen-bond donors (Lipinski definition) is 4. The van der Waals surface area contributed by atoms with Crippen molar-refractivity contribution in [1.82, 2.24) is 10.3 Å². The van der Waals surface area contributed by atoms with Crippen molar-refractivity contribution < 1.29 is 19.5 Å². The van der Waals surface area contributed by atoms with Crippen LogP contribution in [-0.4, -0.2) is 33.7 Å². The molecule has 0 saturated carbocycles. The zero-order chi connectivity index (χ0) is 23.7. The van der Waals surface area contributed by atoms with Gasteiger partial charge in [-0.25, -0.2) is 0 Å². The molecule has 0 spiro atoms. The van der Waals surface area contributed by atoms with Gasteiger partial charge in [-0.2, -0.15) is 0 Å². The monoisotopic (exact) mass is 443 g/mol. The van der Waals surface area contributed by atoms with Gasteiger partial charge >= 0.3 is 0 Å². The Labute approximate surface area is 188 Å². The Kier molecular flexibility index (Phi) is 5.66. The van der Waals surface area contributed by atoms with Gasteiger partial charge in [0.15, 0.2) is 11.2 Å². The summed E-state index contributed by atoms with van der Waals surface area (Å²) in [7, 11) is 0. The van der Waals surface area contributed by atoms with E-state index in [1.165, 1.54) is 32.2 Å². The molecular formula is C25H21N3O5. The summed E-state index contributed by atoms with van der Waals surface area (Å²) in [6.45, 7) is 2.81. The molecule has 4 aromatic rings. The molecule has 1 heterocycles. The van der Waals surface area contributed by atoms with Crippen LogP contribution in [0.2, 0.25) is 0 Å². The van der Waals surface area contributed by atoms with E-state index in [0.29, 0.717) is 16.6 Å². The van der Waals surface area contributed by atoms with Crippen LogP contribution in [0.5, 0.6) is 5.75 Å². The molecule has 0 saturated heterocycles. The number of fused-ring (bicyclic) bond motifs is 2. The predicted molar refractivity (Wildman–Crippen MR) is 126 cm³/mol. The van der Waals surface area contributed by atoms with Crippen molar-refractivity contribution in [3.8, 4) is 5.75 Å². The summed E-state index contributed by atoms with van der Waals surface area (Å²) in [5, 5.41) is 17.3. The van der Waals surface area contributed by atoms with Gasteiger partial charge in [0.05, 0.1) is 11.1 Å². The lowest BCUT2D eigenvalue weighted by Crippen LogP contribution is -2.41. The summed E-state index contributed by atoms with van der Waals surface area (Å²) in [4.78, 5) is 52.4. The quantitative estimate of drug-likeness (QED) is 0.352. The summed E-state index contributed by atoms with van der Waals surface area (Å²) in [6, 6.07) is 14.1. The molecule has 0 aliphatic carbocycles. The zero-order valence-electron chi connectivity index (χ0n) is 17.9. The second kappa shape index (κ2) is 8.58. The number of H-pyrrole nitrogens is 1. The third kappa shape index (κ3) is 4.18. The molecule has 8 nitrogen and oxygen atoms in total. The predicted octanol–water partition coefficient (Wildman–Crippen LogP) is 3.35. The summed E-state index contributed by atoms with van der Waals surface area (Å²) in [5.41, 5.74) is 0.522. The standard InChI is InChI=1S/C25H21N3O5/c1-13(27-25(33)18-9-7-15-5-3-4-6-17(15)22(18)30)24(32)28-16-8-10-21-19(11-16)23(31)20(12-26-21)14(2)29/h3-13,30H,1-2H3,(H,26,31)(H,27,33)(H,28,32)/t13-/m0/s1. The number of anilines is 1. The van der Waals surface area contributed by atoms with Crippen molar-refractivity contribution in [2.45, 2.75) is 19.9 Å². The highest BCUT2D eigenvalue weighted by atomic mass is 16.3. The fraction of sp³-hybridized carbons (Fsp3) is 0.120. The Morgan fingerprint density at radius 3 is 2.48 bits per heavy atom. The van der Waals surface area contributed by atoms with Crippen LogP contribution < -0.4 is 16.1 Å². The number of carbonyl (C=O) groups excluding carboxylic acids is 3. The largest absolute Gasteiger partial charge is 0.506 e. The smallest absolute Gasteiger partial charge is 0.255 e. The first-order valence-corrected chi connectivity index (χ1v) is 10.2. The maximum Gasteiger partial charge on any atom is 0.255 e. The number of pyridine rings is 1. The van der Waals surface area contributed by atoms with E-state index in [1.54, 1.807) is 30.3 Å². The Morgan fingerprint density at radius 1 is 0.970 bits per heavy atom. The van der Waals surface area contributed by atoms with E-state index < -0.39 is 23.3 Å². The summed E-state index contributed by atoms with van der Waals surface area (Å²) in [5.74, 6) is -1.63. The van der Waals surface area contributed by atoms with Crippen molar-refractivity contribution in [1.29, 1.82) is 0 Å². The first-order valence-electron chi connectivity index (χ1n) is 10.2. The molecule has 0 aliphatic rings. The summed E-state index contributed by atoms with van der Waals surface area (Å²) < 4.78 is 0. The van der Waals surface area contributed by atoms with E-state index in [9.17, 15) is 24.3 Å². The van der Waals surface area contributed by atoms with Gasteiger partial charge in [-0.3, -0.25) is 19.2 Å². The average Bonchev–Trinajstić information content (AvgIpc) is 2.79. The Hall–Kier alpha value is -4.46. The Bertz CT molecular complexity index is 1490. The van der Waals surface area contributed by atoms with Gasteiger partial charge in [-0.05, 0) is 43.5 Å². The number of aromatic amines is 1. The molecule has 4 N–H and O–H groups in total. The number of ketones is 1. The normalized spacial score (nSPS) is 11.8. The molecule has 1 aromatic heterocycles. The number of aromatic nitrogens is 1. The van der Waals surface area contributed by atoms with Crippen LogP contribution in [0.15, 0.2) is 65.6 Å². The van der Waals surface area contributed by atoms with Gasteiger partial charge in [0.25, 0.3) is 5.91 Å².